The van der Waals surface area contributed by atoms with E-state index in [9.17, 15) is 4.79 Å². The molecule has 0 aromatic carbocycles. The quantitative estimate of drug-likeness (QED) is 0.783. The van der Waals surface area contributed by atoms with Gasteiger partial charge in [0.1, 0.15) is 6.54 Å². The fourth-order valence-corrected chi connectivity index (χ4v) is 2.32. The smallest absolute Gasteiger partial charge is 0.244 e. The third-order valence-electron chi connectivity index (χ3n) is 3.52. The van der Waals surface area contributed by atoms with Gasteiger partial charge >= 0.3 is 0 Å². The summed E-state index contributed by atoms with van der Waals surface area (Å²) in [5.74, 6) is 0.954. The van der Waals surface area contributed by atoms with Gasteiger partial charge in [-0.05, 0) is 38.7 Å². The normalized spacial score (nSPS) is 17.5. The Morgan fingerprint density at radius 1 is 1.41 bits per heavy atom. The highest BCUT2D eigenvalue weighted by molar-refractivity contribution is 5.76. The lowest BCUT2D eigenvalue weighted by Crippen LogP contribution is -2.40. The van der Waals surface area contributed by atoms with Crippen molar-refractivity contribution >= 4 is 5.91 Å². The van der Waals surface area contributed by atoms with Crippen LogP contribution in [0.4, 0.5) is 0 Å². The lowest BCUT2D eigenvalue weighted by atomic mass is 9.99. The molecule has 1 saturated heterocycles. The van der Waals surface area contributed by atoms with Gasteiger partial charge in [-0.3, -0.25) is 9.48 Å². The molecule has 0 N–H and O–H groups in total. The Labute approximate surface area is 103 Å². The number of piperidine rings is 1. The van der Waals surface area contributed by atoms with E-state index in [0.717, 1.165) is 43.2 Å². The molecule has 4 heteroatoms. The number of aryl methyl sites for hydroxylation is 2. The maximum Gasteiger partial charge on any atom is 0.244 e. The zero-order chi connectivity index (χ0) is 12.4. The minimum atomic E-state index is 0.197. The number of hydrogen-bond acceptors (Lipinski definition) is 2. The van der Waals surface area contributed by atoms with E-state index in [2.05, 4.69) is 12.0 Å². The van der Waals surface area contributed by atoms with E-state index in [1.807, 2.05) is 24.8 Å². The van der Waals surface area contributed by atoms with Crippen LogP contribution in [0.15, 0.2) is 6.07 Å². The van der Waals surface area contributed by atoms with Gasteiger partial charge in [-0.15, -0.1) is 0 Å². The van der Waals surface area contributed by atoms with Crippen LogP contribution in [-0.2, 0) is 11.3 Å². The molecule has 0 unspecified atom stereocenters. The number of likely N-dealkylation sites (tertiary alicyclic amines) is 1. The van der Waals surface area contributed by atoms with Crippen molar-refractivity contribution in [3.05, 3.63) is 17.5 Å². The fourth-order valence-electron chi connectivity index (χ4n) is 2.32. The van der Waals surface area contributed by atoms with Crippen LogP contribution in [0.25, 0.3) is 0 Å². The van der Waals surface area contributed by atoms with Crippen molar-refractivity contribution in [2.24, 2.45) is 5.92 Å². The van der Waals surface area contributed by atoms with Crippen molar-refractivity contribution < 1.29 is 4.79 Å². The van der Waals surface area contributed by atoms with Gasteiger partial charge in [-0.2, -0.15) is 5.10 Å². The molecule has 1 aliphatic heterocycles. The minimum Gasteiger partial charge on any atom is -0.341 e. The van der Waals surface area contributed by atoms with Gasteiger partial charge in [-0.25, -0.2) is 0 Å². The average Bonchev–Trinajstić information content (AvgIpc) is 2.58. The first-order valence-corrected chi connectivity index (χ1v) is 6.35. The fraction of sp³-hybridized carbons (Fsp3) is 0.692. The molecule has 2 rings (SSSR count). The Balaban J connectivity index is 1.95. The van der Waals surface area contributed by atoms with Gasteiger partial charge in [0.2, 0.25) is 5.91 Å². The van der Waals surface area contributed by atoms with E-state index < -0.39 is 0 Å². The minimum absolute atomic E-state index is 0.197. The zero-order valence-electron chi connectivity index (χ0n) is 10.9. The molecule has 1 aromatic rings. The van der Waals surface area contributed by atoms with Crippen LogP contribution in [0.5, 0.6) is 0 Å². The van der Waals surface area contributed by atoms with Crippen molar-refractivity contribution in [1.29, 1.82) is 0 Å². The van der Waals surface area contributed by atoms with Crippen molar-refractivity contribution in [1.82, 2.24) is 14.7 Å². The number of aromatic nitrogens is 2. The summed E-state index contributed by atoms with van der Waals surface area (Å²) < 4.78 is 1.80. The van der Waals surface area contributed by atoms with Gasteiger partial charge in [-0.1, -0.05) is 6.92 Å². The van der Waals surface area contributed by atoms with Crippen molar-refractivity contribution in [3.63, 3.8) is 0 Å². The van der Waals surface area contributed by atoms with Crippen LogP contribution in [0.1, 0.15) is 31.2 Å². The number of rotatable bonds is 2. The van der Waals surface area contributed by atoms with Gasteiger partial charge in [0.15, 0.2) is 0 Å². The summed E-state index contributed by atoms with van der Waals surface area (Å²) in [6.07, 6.45) is 2.26. The lowest BCUT2D eigenvalue weighted by molar-refractivity contribution is -0.133. The van der Waals surface area contributed by atoms with E-state index in [1.165, 1.54) is 0 Å². The van der Waals surface area contributed by atoms with E-state index in [-0.39, 0.29) is 5.91 Å². The highest BCUT2D eigenvalue weighted by Crippen LogP contribution is 2.16. The molecular weight excluding hydrogens is 214 g/mol. The van der Waals surface area contributed by atoms with Crippen LogP contribution < -0.4 is 0 Å². The number of nitrogens with zero attached hydrogens (tertiary/aromatic N) is 3. The standard InChI is InChI=1S/C13H21N3O/c1-10-4-6-15(7-5-10)13(17)9-16-12(3)8-11(2)14-16/h8,10H,4-7,9H2,1-3H3. The molecule has 0 saturated carbocycles. The summed E-state index contributed by atoms with van der Waals surface area (Å²) in [5, 5.41) is 4.33. The SMILES string of the molecule is Cc1cc(C)n(CC(=O)N2CCC(C)CC2)n1. The monoisotopic (exact) mass is 235 g/mol. The number of carbonyl (C=O) groups is 1. The summed E-state index contributed by atoms with van der Waals surface area (Å²) >= 11 is 0. The Hall–Kier alpha value is -1.32. The Morgan fingerprint density at radius 3 is 2.59 bits per heavy atom. The average molecular weight is 235 g/mol. The second-order valence-electron chi connectivity index (χ2n) is 5.15. The molecule has 94 valence electrons. The van der Waals surface area contributed by atoms with Gasteiger partial charge < -0.3 is 4.90 Å². The van der Waals surface area contributed by atoms with Crippen LogP contribution in [0.2, 0.25) is 0 Å². The Kier molecular flexibility index (Phi) is 3.50. The van der Waals surface area contributed by atoms with Crippen LogP contribution in [0, 0.1) is 19.8 Å². The highest BCUT2D eigenvalue weighted by Gasteiger charge is 2.20. The van der Waals surface area contributed by atoms with Gasteiger partial charge in [0, 0.05) is 18.8 Å². The molecule has 2 heterocycles. The topological polar surface area (TPSA) is 38.1 Å². The second-order valence-corrected chi connectivity index (χ2v) is 5.15. The third kappa shape index (κ3) is 2.87. The van der Waals surface area contributed by atoms with Crippen molar-refractivity contribution in [3.8, 4) is 0 Å². The largest absolute Gasteiger partial charge is 0.341 e. The van der Waals surface area contributed by atoms with Gasteiger partial charge in [0.05, 0.1) is 5.69 Å². The summed E-state index contributed by atoms with van der Waals surface area (Å²) in [7, 11) is 0. The van der Waals surface area contributed by atoms with E-state index >= 15 is 0 Å². The molecule has 4 nitrogen and oxygen atoms in total. The number of hydrogen-bond donors (Lipinski definition) is 0. The first-order chi connectivity index (χ1) is 8.06. The highest BCUT2D eigenvalue weighted by atomic mass is 16.2. The Morgan fingerprint density at radius 2 is 2.06 bits per heavy atom. The molecule has 0 atom stereocenters. The number of carbonyl (C=O) groups excluding carboxylic acids is 1. The molecule has 0 bridgehead atoms. The maximum absolute atomic E-state index is 12.1. The summed E-state index contributed by atoms with van der Waals surface area (Å²) in [6.45, 7) is 8.39. The molecule has 1 aromatic heterocycles. The molecule has 1 fully saturated rings. The molecule has 17 heavy (non-hydrogen) atoms. The van der Waals surface area contributed by atoms with E-state index in [4.69, 9.17) is 0 Å². The lowest BCUT2D eigenvalue weighted by Gasteiger charge is -2.30. The summed E-state index contributed by atoms with van der Waals surface area (Å²) in [6, 6.07) is 2.01. The third-order valence-corrected chi connectivity index (χ3v) is 3.52. The van der Waals surface area contributed by atoms with E-state index in [0.29, 0.717) is 6.54 Å². The molecule has 1 amide bonds. The predicted octanol–water partition coefficient (Wildman–Crippen LogP) is 1.76. The van der Waals surface area contributed by atoms with Crippen LogP contribution >= 0.6 is 0 Å². The Bertz CT molecular complexity index is 403. The van der Waals surface area contributed by atoms with Crippen LogP contribution in [0.3, 0.4) is 0 Å². The van der Waals surface area contributed by atoms with E-state index in [1.54, 1.807) is 4.68 Å². The first-order valence-electron chi connectivity index (χ1n) is 6.35. The molecule has 1 aliphatic rings. The zero-order valence-corrected chi connectivity index (χ0v) is 10.9. The van der Waals surface area contributed by atoms with Crippen molar-refractivity contribution in [2.75, 3.05) is 13.1 Å². The maximum atomic E-state index is 12.1. The van der Waals surface area contributed by atoms with Gasteiger partial charge in [0.25, 0.3) is 0 Å². The second kappa shape index (κ2) is 4.90. The number of amides is 1. The van der Waals surface area contributed by atoms with Crippen molar-refractivity contribution in [2.45, 2.75) is 40.2 Å². The van der Waals surface area contributed by atoms with Crippen LogP contribution in [-0.4, -0.2) is 33.7 Å². The first kappa shape index (κ1) is 12.1. The summed E-state index contributed by atoms with van der Waals surface area (Å²) in [5.41, 5.74) is 2.03. The summed E-state index contributed by atoms with van der Waals surface area (Å²) in [4.78, 5) is 14.1. The predicted molar refractivity (Wildman–Crippen MR) is 66.7 cm³/mol. The molecular formula is C13H21N3O. The molecule has 0 aliphatic carbocycles. The molecule has 0 spiro atoms. The molecule has 0 radical (unpaired) electrons.